The molecule has 1 aromatic carbocycles. The molecule has 0 amide bonds. The zero-order chi connectivity index (χ0) is 22.6. The number of hydrogen-bond donors (Lipinski definition) is 1. The Morgan fingerprint density at radius 1 is 0.833 bits per heavy atom. The van der Waals surface area contributed by atoms with E-state index in [2.05, 4.69) is 26.1 Å². The molecule has 1 N–H and O–H groups in total. The van der Waals surface area contributed by atoms with Crippen LogP contribution in [0.4, 0.5) is 0 Å². The van der Waals surface area contributed by atoms with Gasteiger partial charge in [0, 0.05) is 12.1 Å². The fourth-order valence-corrected chi connectivity index (χ4v) is 3.13. The smallest absolute Gasteiger partial charge is 0.128 e. The molecule has 0 unspecified atom stereocenters. The Morgan fingerprint density at radius 3 is 1.97 bits per heavy atom. The summed E-state index contributed by atoms with van der Waals surface area (Å²) in [6.07, 6.45) is 2.33. The molecule has 0 saturated carbocycles. The molecule has 0 fully saturated rings. The van der Waals surface area contributed by atoms with Crippen LogP contribution in [0.2, 0.25) is 0 Å². The summed E-state index contributed by atoms with van der Waals surface area (Å²) in [5, 5.41) is 3.52. The molecule has 0 spiro atoms. The first-order valence-corrected chi connectivity index (χ1v) is 10.9. The Morgan fingerprint density at radius 2 is 1.43 bits per heavy atom. The topological polar surface area (TPSA) is 58.2 Å². The van der Waals surface area contributed by atoms with Gasteiger partial charge in [0.2, 0.25) is 0 Å². The maximum absolute atomic E-state index is 5.87. The van der Waals surface area contributed by atoms with Crippen molar-refractivity contribution in [2.75, 3.05) is 40.6 Å². The van der Waals surface area contributed by atoms with Gasteiger partial charge >= 0.3 is 0 Å². The molecular formula is C24H43NO5. The van der Waals surface area contributed by atoms with Crippen LogP contribution in [-0.2, 0) is 27.4 Å². The lowest BCUT2D eigenvalue weighted by atomic mass is 9.99. The third kappa shape index (κ3) is 10.6. The predicted octanol–water partition coefficient (Wildman–Crippen LogP) is 4.72. The normalized spacial score (nSPS) is 12.3. The summed E-state index contributed by atoms with van der Waals surface area (Å²) in [7, 11) is 3.31. The van der Waals surface area contributed by atoms with Gasteiger partial charge in [-0.1, -0.05) is 13.3 Å². The quantitative estimate of drug-likeness (QED) is 0.410. The lowest BCUT2D eigenvalue weighted by Crippen LogP contribution is -2.41. The molecule has 6 heteroatoms. The Bertz CT molecular complexity index is 585. The number of rotatable bonds is 15. The Kier molecular flexibility index (Phi) is 11.7. The second kappa shape index (κ2) is 13.2. The molecule has 0 aromatic heterocycles. The first-order chi connectivity index (χ1) is 14.1. The number of benzene rings is 1. The summed E-state index contributed by atoms with van der Waals surface area (Å²) in [4.78, 5) is 0. The van der Waals surface area contributed by atoms with Crippen LogP contribution in [-0.4, -0.2) is 51.7 Å². The van der Waals surface area contributed by atoms with Crippen LogP contribution >= 0.6 is 0 Å². The highest BCUT2D eigenvalue weighted by atomic mass is 16.5. The molecule has 174 valence electrons. The SMILES string of the molecule is CCCC(C)(C)NCCOCCOCc1c(OC)cc(COC(C)(C)C)cc1OC. The maximum atomic E-state index is 5.87. The van der Waals surface area contributed by atoms with E-state index in [1.807, 2.05) is 32.9 Å². The van der Waals surface area contributed by atoms with Gasteiger partial charge in [0.05, 0.1) is 58.4 Å². The van der Waals surface area contributed by atoms with Crippen molar-refractivity contribution in [2.45, 2.75) is 78.7 Å². The molecule has 0 aliphatic heterocycles. The highest BCUT2D eigenvalue weighted by Crippen LogP contribution is 2.32. The van der Waals surface area contributed by atoms with Gasteiger partial charge in [-0.2, -0.15) is 0 Å². The van der Waals surface area contributed by atoms with Crippen molar-refractivity contribution in [1.29, 1.82) is 0 Å². The fourth-order valence-electron chi connectivity index (χ4n) is 3.13. The average molecular weight is 426 g/mol. The zero-order valence-electron chi connectivity index (χ0n) is 20.4. The zero-order valence-corrected chi connectivity index (χ0v) is 20.4. The van der Waals surface area contributed by atoms with E-state index in [1.54, 1.807) is 14.2 Å². The monoisotopic (exact) mass is 425 g/mol. The molecular weight excluding hydrogens is 382 g/mol. The summed E-state index contributed by atoms with van der Waals surface area (Å²) >= 11 is 0. The largest absolute Gasteiger partial charge is 0.496 e. The molecule has 0 aliphatic carbocycles. The minimum atomic E-state index is -0.205. The lowest BCUT2D eigenvalue weighted by molar-refractivity contribution is -0.0151. The third-order valence-corrected chi connectivity index (χ3v) is 4.68. The van der Waals surface area contributed by atoms with Crippen molar-refractivity contribution in [3.05, 3.63) is 23.3 Å². The van der Waals surface area contributed by atoms with Crippen LogP contribution in [0, 0.1) is 0 Å². The number of nitrogens with one attached hydrogen (secondary N) is 1. The predicted molar refractivity (Wildman–Crippen MR) is 122 cm³/mol. The molecule has 0 radical (unpaired) electrons. The summed E-state index contributed by atoms with van der Waals surface area (Å²) in [6, 6.07) is 3.96. The number of ether oxygens (including phenoxy) is 5. The van der Waals surface area contributed by atoms with Crippen LogP contribution in [0.5, 0.6) is 11.5 Å². The van der Waals surface area contributed by atoms with Crippen LogP contribution in [0.25, 0.3) is 0 Å². The van der Waals surface area contributed by atoms with E-state index in [-0.39, 0.29) is 11.1 Å². The van der Waals surface area contributed by atoms with Gasteiger partial charge in [-0.3, -0.25) is 0 Å². The summed E-state index contributed by atoms with van der Waals surface area (Å²) < 4.78 is 28.5. The van der Waals surface area contributed by atoms with Crippen LogP contribution in [0.15, 0.2) is 12.1 Å². The Labute approximate surface area is 183 Å². The second-order valence-corrected chi connectivity index (χ2v) is 9.11. The van der Waals surface area contributed by atoms with Crippen molar-refractivity contribution in [1.82, 2.24) is 5.32 Å². The van der Waals surface area contributed by atoms with E-state index < -0.39 is 0 Å². The number of methoxy groups -OCH3 is 2. The van der Waals surface area contributed by atoms with Crippen LogP contribution < -0.4 is 14.8 Å². The highest BCUT2D eigenvalue weighted by molar-refractivity contribution is 5.47. The summed E-state index contributed by atoms with van der Waals surface area (Å²) in [5.41, 5.74) is 1.85. The molecule has 1 aromatic rings. The Balaban J connectivity index is 2.45. The molecule has 30 heavy (non-hydrogen) atoms. The summed E-state index contributed by atoms with van der Waals surface area (Å²) in [6.45, 7) is 16.2. The van der Waals surface area contributed by atoms with Crippen LogP contribution in [0.1, 0.15) is 65.5 Å². The first-order valence-electron chi connectivity index (χ1n) is 10.9. The average Bonchev–Trinajstić information content (AvgIpc) is 2.67. The van der Waals surface area contributed by atoms with Gasteiger partial charge in [-0.25, -0.2) is 0 Å². The first kappa shape index (κ1) is 26.7. The van der Waals surface area contributed by atoms with E-state index in [0.717, 1.165) is 35.6 Å². The van der Waals surface area contributed by atoms with Crippen molar-refractivity contribution in [3.63, 3.8) is 0 Å². The van der Waals surface area contributed by atoms with E-state index in [0.29, 0.717) is 33.0 Å². The van der Waals surface area contributed by atoms with Gasteiger partial charge < -0.3 is 29.0 Å². The van der Waals surface area contributed by atoms with Gasteiger partial charge in [-0.05, 0) is 58.7 Å². The molecule has 6 nitrogen and oxygen atoms in total. The van der Waals surface area contributed by atoms with Gasteiger partial charge in [0.25, 0.3) is 0 Å². The standard InChI is InChI=1S/C24H43NO5/c1-9-10-24(5,6)25-11-12-28-13-14-29-18-20-21(26-7)15-19(16-22(20)27-8)17-30-23(2,3)4/h15-16,25H,9-14,17-18H2,1-8H3. The Hall–Kier alpha value is -1.34. The highest BCUT2D eigenvalue weighted by Gasteiger charge is 2.16. The molecule has 0 saturated heterocycles. The van der Waals surface area contributed by atoms with Crippen LogP contribution in [0.3, 0.4) is 0 Å². The molecule has 1 rings (SSSR count). The van der Waals surface area contributed by atoms with Crippen molar-refractivity contribution < 1.29 is 23.7 Å². The van der Waals surface area contributed by atoms with Crippen molar-refractivity contribution >= 4 is 0 Å². The molecule has 0 aliphatic rings. The minimum Gasteiger partial charge on any atom is -0.496 e. The van der Waals surface area contributed by atoms with E-state index in [1.165, 1.54) is 6.42 Å². The third-order valence-electron chi connectivity index (χ3n) is 4.68. The van der Waals surface area contributed by atoms with E-state index in [9.17, 15) is 0 Å². The van der Waals surface area contributed by atoms with E-state index >= 15 is 0 Å². The minimum absolute atomic E-state index is 0.159. The summed E-state index contributed by atoms with van der Waals surface area (Å²) in [5.74, 6) is 1.48. The fraction of sp³-hybridized carbons (Fsp3) is 0.750. The van der Waals surface area contributed by atoms with Crippen molar-refractivity contribution in [2.24, 2.45) is 0 Å². The van der Waals surface area contributed by atoms with Gasteiger partial charge in [0.1, 0.15) is 11.5 Å². The van der Waals surface area contributed by atoms with Gasteiger partial charge in [0.15, 0.2) is 0 Å². The van der Waals surface area contributed by atoms with E-state index in [4.69, 9.17) is 23.7 Å². The lowest BCUT2D eigenvalue weighted by Gasteiger charge is -2.25. The maximum Gasteiger partial charge on any atom is 0.128 e. The molecule has 0 bridgehead atoms. The van der Waals surface area contributed by atoms with Crippen molar-refractivity contribution in [3.8, 4) is 11.5 Å². The molecule has 0 atom stereocenters. The van der Waals surface area contributed by atoms with Gasteiger partial charge in [-0.15, -0.1) is 0 Å². The molecule has 0 heterocycles. The second-order valence-electron chi connectivity index (χ2n) is 9.11. The number of hydrogen-bond acceptors (Lipinski definition) is 6.